The summed E-state index contributed by atoms with van der Waals surface area (Å²) >= 11 is 0. The van der Waals surface area contributed by atoms with Crippen LogP contribution in [0.5, 0.6) is 0 Å². The SMILES string of the molecule is CCC1CCC(c2c(F)c(F)c(F)c(F)c2-c2ccc(-c3ccccc3)cc2F)CC1. The first-order valence-electron chi connectivity index (χ1n) is 10.6. The van der Waals surface area contributed by atoms with Crippen LogP contribution < -0.4 is 0 Å². The van der Waals surface area contributed by atoms with Crippen molar-refractivity contribution in [3.63, 3.8) is 0 Å². The van der Waals surface area contributed by atoms with E-state index in [0.717, 1.165) is 24.8 Å². The van der Waals surface area contributed by atoms with Gasteiger partial charge in [0, 0.05) is 16.7 Å². The summed E-state index contributed by atoms with van der Waals surface area (Å²) in [6.45, 7) is 2.07. The summed E-state index contributed by atoms with van der Waals surface area (Å²) in [6, 6.07) is 13.1. The second-order valence-electron chi connectivity index (χ2n) is 8.23. The van der Waals surface area contributed by atoms with Crippen molar-refractivity contribution in [3.8, 4) is 22.3 Å². The van der Waals surface area contributed by atoms with E-state index in [1.54, 1.807) is 30.3 Å². The zero-order chi connectivity index (χ0) is 22.1. The highest BCUT2D eigenvalue weighted by Crippen LogP contribution is 2.45. The minimum Gasteiger partial charge on any atom is -0.206 e. The van der Waals surface area contributed by atoms with Gasteiger partial charge < -0.3 is 0 Å². The molecule has 0 atom stereocenters. The maximum Gasteiger partial charge on any atom is 0.198 e. The lowest BCUT2D eigenvalue weighted by Crippen LogP contribution is -2.17. The van der Waals surface area contributed by atoms with Gasteiger partial charge in [-0.05, 0) is 54.7 Å². The van der Waals surface area contributed by atoms with Crippen LogP contribution in [0.15, 0.2) is 48.5 Å². The minimum absolute atomic E-state index is 0.252. The van der Waals surface area contributed by atoms with Gasteiger partial charge in [-0.1, -0.05) is 55.8 Å². The Kier molecular flexibility index (Phi) is 6.12. The van der Waals surface area contributed by atoms with Crippen LogP contribution in [0.4, 0.5) is 22.0 Å². The molecule has 31 heavy (non-hydrogen) atoms. The first-order valence-corrected chi connectivity index (χ1v) is 10.6. The Morgan fingerprint density at radius 1 is 0.710 bits per heavy atom. The summed E-state index contributed by atoms with van der Waals surface area (Å²) in [5.41, 5.74) is 0.284. The van der Waals surface area contributed by atoms with Crippen LogP contribution >= 0.6 is 0 Å². The van der Waals surface area contributed by atoms with Crippen molar-refractivity contribution in [2.24, 2.45) is 5.92 Å². The topological polar surface area (TPSA) is 0 Å². The van der Waals surface area contributed by atoms with Crippen molar-refractivity contribution in [3.05, 3.63) is 83.2 Å². The monoisotopic (exact) mass is 430 g/mol. The second kappa shape index (κ2) is 8.81. The summed E-state index contributed by atoms with van der Waals surface area (Å²) in [6.07, 6.45) is 3.60. The Hall–Kier alpha value is -2.69. The van der Waals surface area contributed by atoms with Crippen molar-refractivity contribution in [1.29, 1.82) is 0 Å². The van der Waals surface area contributed by atoms with Crippen LogP contribution in [0.1, 0.15) is 50.5 Å². The van der Waals surface area contributed by atoms with Crippen molar-refractivity contribution < 1.29 is 22.0 Å². The Labute approximate surface area is 178 Å². The largest absolute Gasteiger partial charge is 0.206 e. The maximum absolute atomic E-state index is 15.1. The van der Waals surface area contributed by atoms with Crippen LogP contribution in [-0.4, -0.2) is 0 Å². The molecule has 1 aliphatic carbocycles. The highest BCUT2D eigenvalue weighted by Gasteiger charge is 2.33. The lowest BCUT2D eigenvalue weighted by atomic mass is 9.75. The van der Waals surface area contributed by atoms with Crippen LogP contribution in [0.25, 0.3) is 22.3 Å². The van der Waals surface area contributed by atoms with Crippen molar-refractivity contribution in [2.45, 2.75) is 44.9 Å². The molecule has 0 aromatic heterocycles. The zero-order valence-electron chi connectivity index (χ0n) is 17.2. The molecule has 5 heteroatoms. The van der Waals surface area contributed by atoms with Crippen molar-refractivity contribution in [1.82, 2.24) is 0 Å². The second-order valence-corrected chi connectivity index (χ2v) is 8.23. The van der Waals surface area contributed by atoms with Crippen LogP contribution in [0.3, 0.4) is 0 Å². The molecule has 3 aromatic carbocycles. The van der Waals surface area contributed by atoms with Gasteiger partial charge in [0.1, 0.15) is 5.82 Å². The maximum atomic E-state index is 15.1. The number of hydrogen-bond donors (Lipinski definition) is 0. The van der Waals surface area contributed by atoms with E-state index in [1.807, 2.05) is 6.07 Å². The standard InChI is InChI=1S/C26H23F5/c1-2-15-8-10-17(11-9-15)21-22(24(29)26(31)25(30)23(21)28)19-13-12-18(14-20(19)27)16-6-4-3-5-7-16/h3-7,12-15,17H,2,8-11H2,1H3. The number of rotatable bonds is 4. The molecule has 1 fully saturated rings. The molecule has 0 unspecified atom stereocenters. The summed E-state index contributed by atoms with van der Waals surface area (Å²) in [5, 5.41) is 0. The third-order valence-corrected chi connectivity index (χ3v) is 6.48. The molecule has 0 bridgehead atoms. The normalized spacial score (nSPS) is 18.9. The molecule has 0 aliphatic heterocycles. The quantitative estimate of drug-likeness (QED) is 0.221. The summed E-state index contributed by atoms with van der Waals surface area (Å²) in [5.74, 6) is -7.54. The Balaban J connectivity index is 1.85. The van der Waals surface area contributed by atoms with Gasteiger partial charge in [-0.25, -0.2) is 22.0 Å². The Morgan fingerprint density at radius 3 is 1.97 bits per heavy atom. The zero-order valence-corrected chi connectivity index (χ0v) is 17.2. The van der Waals surface area contributed by atoms with E-state index in [1.165, 1.54) is 12.1 Å². The number of benzene rings is 3. The van der Waals surface area contributed by atoms with E-state index in [4.69, 9.17) is 0 Å². The van der Waals surface area contributed by atoms with Gasteiger partial charge in [-0.3, -0.25) is 0 Å². The highest BCUT2D eigenvalue weighted by molar-refractivity contribution is 5.74. The summed E-state index contributed by atoms with van der Waals surface area (Å²) in [4.78, 5) is 0. The van der Waals surface area contributed by atoms with E-state index in [0.29, 0.717) is 24.3 Å². The van der Waals surface area contributed by atoms with E-state index < -0.39 is 40.6 Å². The third-order valence-electron chi connectivity index (χ3n) is 6.48. The fraction of sp³-hybridized carbons (Fsp3) is 0.308. The third kappa shape index (κ3) is 3.98. The molecule has 0 radical (unpaired) electrons. The van der Waals surface area contributed by atoms with Gasteiger partial charge in [0.15, 0.2) is 23.3 Å². The molecular formula is C26H23F5. The first kappa shape index (κ1) is 21.5. The lowest BCUT2D eigenvalue weighted by molar-refractivity contribution is 0.309. The van der Waals surface area contributed by atoms with Crippen molar-refractivity contribution >= 4 is 0 Å². The molecule has 0 saturated heterocycles. The molecule has 0 heterocycles. The van der Waals surface area contributed by atoms with E-state index in [-0.39, 0.29) is 11.1 Å². The fourth-order valence-corrected chi connectivity index (χ4v) is 4.68. The van der Waals surface area contributed by atoms with Crippen LogP contribution in [0, 0.1) is 35.0 Å². The molecule has 3 aromatic rings. The van der Waals surface area contributed by atoms with Gasteiger partial charge in [0.05, 0.1) is 0 Å². The summed E-state index contributed by atoms with van der Waals surface area (Å²) < 4.78 is 73.3. The van der Waals surface area contributed by atoms with E-state index in [9.17, 15) is 17.6 Å². The summed E-state index contributed by atoms with van der Waals surface area (Å²) in [7, 11) is 0. The molecule has 0 nitrogen and oxygen atoms in total. The molecule has 0 amide bonds. The predicted octanol–water partition coefficient (Wildman–Crippen LogP) is 8.40. The van der Waals surface area contributed by atoms with E-state index >= 15 is 4.39 Å². The molecule has 162 valence electrons. The van der Waals surface area contributed by atoms with Gasteiger partial charge >= 0.3 is 0 Å². The van der Waals surface area contributed by atoms with Gasteiger partial charge in [-0.2, -0.15) is 0 Å². The minimum atomic E-state index is -1.91. The lowest BCUT2D eigenvalue weighted by Gasteiger charge is -2.30. The number of halogens is 5. The van der Waals surface area contributed by atoms with E-state index in [2.05, 4.69) is 6.92 Å². The van der Waals surface area contributed by atoms with Gasteiger partial charge in [-0.15, -0.1) is 0 Å². The fourth-order valence-electron chi connectivity index (χ4n) is 4.68. The molecule has 4 rings (SSSR count). The van der Waals surface area contributed by atoms with Crippen molar-refractivity contribution in [2.75, 3.05) is 0 Å². The molecular weight excluding hydrogens is 407 g/mol. The molecule has 1 saturated carbocycles. The molecule has 0 N–H and O–H groups in total. The molecule has 1 aliphatic rings. The molecule has 0 spiro atoms. The average molecular weight is 430 g/mol. The van der Waals surface area contributed by atoms with Crippen LogP contribution in [0.2, 0.25) is 0 Å². The Bertz CT molecular complexity index is 1080. The Morgan fingerprint density at radius 2 is 1.35 bits per heavy atom. The first-order chi connectivity index (χ1) is 14.9. The van der Waals surface area contributed by atoms with Gasteiger partial charge in [0.2, 0.25) is 0 Å². The predicted molar refractivity (Wildman–Crippen MR) is 112 cm³/mol. The van der Waals surface area contributed by atoms with Crippen LogP contribution in [-0.2, 0) is 0 Å². The smallest absolute Gasteiger partial charge is 0.198 e. The van der Waals surface area contributed by atoms with Gasteiger partial charge in [0.25, 0.3) is 0 Å². The number of hydrogen-bond acceptors (Lipinski definition) is 0. The average Bonchev–Trinajstić information content (AvgIpc) is 2.81. The highest BCUT2D eigenvalue weighted by atomic mass is 19.2.